The van der Waals surface area contributed by atoms with Crippen LogP contribution in [0.2, 0.25) is 0 Å². The van der Waals surface area contributed by atoms with Gasteiger partial charge in [-0.2, -0.15) is 0 Å². The third-order valence-corrected chi connectivity index (χ3v) is 2.49. The Hall–Kier alpha value is -1.83. The van der Waals surface area contributed by atoms with Crippen LogP contribution in [0, 0.1) is 13.8 Å². The van der Waals surface area contributed by atoms with Crippen LogP contribution < -0.4 is 0 Å². The van der Waals surface area contributed by atoms with Crippen LogP contribution >= 0.6 is 0 Å². The first kappa shape index (κ1) is 10.7. The van der Waals surface area contributed by atoms with Gasteiger partial charge in [-0.3, -0.25) is 4.79 Å². The minimum Gasteiger partial charge on any atom is -0.472 e. The Kier molecular flexibility index (Phi) is 2.91. The van der Waals surface area contributed by atoms with Crippen LogP contribution in [0.25, 0.3) is 0 Å². The summed E-state index contributed by atoms with van der Waals surface area (Å²) >= 11 is 0. The largest absolute Gasteiger partial charge is 0.472 e. The van der Waals surface area contributed by atoms with Gasteiger partial charge in [0.05, 0.1) is 11.8 Å². The Morgan fingerprint density at radius 2 is 1.88 bits per heavy atom. The van der Waals surface area contributed by atoms with E-state index in [-0.39, 0.29) is 5.78 Å². The van der Waals surface area contributed by atoms with Crippen LogP contribution in [-0.2, 0) is 6.42 Å². The average Bonchev–Trinajstić information content (AvgIpc) is 2.68. The number of carbonyl (C=O) groups excluding carboxylic acids is 1. The maximum atomic E-state index is 11.8. The van der Waals surface area contributed by atoms with Gasteiger partial charge in [-0.1, -0.05) is 29.3 Å². The van der Waals surface area contributed by atoms with Crippen molar-refractivity contribution in [1.29, 1.82) is 0 Å². The van der Waals surface area contributed by atoms with E-state index in [9.17, 15) is 4.79 Å². The summed E-state index contributed by atoms with van der Waals surface area (Å²) in [5.41, 5.74) is 4.08. The first-order valence-corrected chi connectivity index (χ1v) is 5.28. The molecule has 0 saturated carbocycles. The summed E-state index contributed by atoms with van der Waals surface area (Å²) in [6.07, 6.45) is 3.45. The van der Waals surface area contributed by atoms with Crippen molar-refractivity contribution in [2.24, 2.45) is 0 Å². The van der Waals surface area contributed by atoms with Crippen molar-refractivity contribution in [3.8, 4) is 0 Å². The molecule has 0 aliphatic carbocycles. The fourth-order valence-electron chi connectivity index (χ4n) is 1.88. The van der Waals surface area contributed by atoms with Crippen molar-refractivity contribution >= 4 is 5.78 Å². The molecule has 0 atom stereocenters. The van der Waals surface area contributed by atoms with Gasteiger partial charge in [0.2, 0.25) is 0 Å². The molecule has 1 aromatic heterocycles. The zero-order valence-electron chi connectivity index (χ0n) is 9.49. The lowest BCUT2D eigenvalue weighted by Gasteiger charge is -2.03. The molecule has 2 heteroatoms. The number of Topliss-reactive ketones (excluding diaryl/α,β-unsaturated/α-hetero) is 1. The van der Waals surface area contributed by atoms with E-state index < -0.39 is 0 Å². The molecule has 2 rings (SSSR count). The van der Waals surface area contributed by atoms with Crippen molar-refractivity contribution in [2.75, 3.05) is 0 Å². The van der Waals surface area contributed by atoms with Crippen LogP contribution in [0.5, 0.6) is 0 Å². The quantitative estimate of drug-likeness (QED) is 0.734. The number of hydrogen-bond acceptors (Lipinski definition) is 2. The summed E-state index contributed by atoms with van der Waals surface area (Å²) in [6, 6.07) is 7.90. The molecule has 82 valence electrons. The predicted molar refractivity (Wildman–Crippen MR) is 62.7 cm³/mol. The number of rotatable bonds is 3. The second-order valence-corrected chi connectivity index (χ2v) is 4.11. The van der Waals surface area contributed by atoms with Gasteiger partial charge in [0.25, 0.3) is 0 Å². The standard InChI is InChI=1S/C14H14O2/c1-10-5-11(2)7-12(6-10)8-14(15)13-3-4-16-9-13/h3-7,9H,8H2,1-2H3. The Bertz CT molecular complexity index is 475. The van der Waals surface area contributed by atoms with Crippen LogP contribution in [0.15, 0.2) is 41.2 Å². The SMILES string of the molecule is Cc1cc(C)cc(CC(=O)c2ccoc2)c1. The molecule has 0 amide bonds. The highest BCUT2D eigenvalue weighted by atomic mass is 16.3. The molecule has 0 aliphatic rings. The fourth-order valence-corrected chi connectivity index (χ4v) is 1.88. The molecule has 0 unspecified atom stereocenters. The number of furan rings is 1. The van der Waals surface area contributed by atoms with Crippen molar-refractivity contribution in [3.05, 3.63) is 59.0 Å². The summed E-state index contributed by atoms with van der Waals surface area (Å²) < 4.78 is 4.90. The number of aryl methyl sites for hydroxylation is 2. The molecule has 0 spiro atoms. The lowest BCUT2D eigenvalue weighted by molar-refractivity contribution is 0.0992. The van der Waals surface area contributed by atoms with Crippen molar-refractivity contribution < 1.29 is 9.21 Å². The summed E-state index contributed by atoms with van der Waals surface area (Å²) in [5.74, 6) is 0.0961. The maximum absolute atomic E-state index is 11.8. The van der Waals surface area contributed by atoms with Crippen molar-refractivity contribution in [1.82, 2.24) is 0 Å². The zero-order chi connectivity index (χ0) is 11.5. The van der Waals surface area contributed by atoms with Gasteiger partial charge in [0.15, 0.2) is 5.78 Å². The van der Waals surface area contributed by atoms with E-state index in [2.05, 4.69) is 6.07 Å². The van der Waals surface area contributed by atoms with E-state index in [0.29, 0.717) is 12.0 Å². The van der Waals surface area contributed by atoms with E-state index in [1.807, 2.05) is 26.0 Å². The van der Waals surface area contributed by atoms with Crippen LogP contribution in [-0.4, -0.2) is 5.78 Å². The molecular formula is C14H14O2. The van der Waals surface area contributed by atoms with Gasteiger partial charge >= 0.3 is 0 Å². The monoisotopic (exact) mass is 214 g/mol. The molecule has 0 radical (unpaired) electrons. The smallest absolute Gasteiger partial charge is 0.170 e. The minimum atomic E-state index is 0.0961. The third kappa shape index (κ3) is 2.40. The van der Waals surface area contributed by atoms with E-state index in [1.54, 1.807) is 6.07 Å². The maximum Gasteiger partial charge on any atom is 0.170 e. The molecule has 2 aromatic rings. The molecule has 0 saturated heterocycles. The molecule has 1 aromatic carbocycles. The van der Waals surface area contributed by atoms with Gasteiger partial charge in [0, 0.05) is 6.42 Å². The average molecular weight is 214 g/mol. The first-order chi connectivity index (χ1) is 7.65. The van der Waals surface area contributed by atoms with E-state index >= 15 is 0 Å². The predicted octanol–water partition coefficient (Wildman–Crippen LogP) is 3.32. The zero-order valence-corrected chi connectivity index (χ0v) is 9.49. The molecule has 0 bridgehead atoms. The fraction of sp³-hybridized carbons (Fsp3) is 0.214. The highest BCUT2D eigenvalue weighted by Gasteiger charge is 2.08. The highest BCUT2D eigenvalue weighted by molar-refractivity contribution is 5.97. The van der Waals surface area contributed by atoms with E-state index in [4.69, 9.17) is 4.42 Å². The third-order valence-electron chi connectivity index (χ3n) is 2.49. The topological polar surface area (TPSA) is 30.2 Å². The Balaban J connectivity index is 2.18. The number of benzene rings is 1. The Labute approximate surface area is 94.9 Å². The Morgan fingerprint density at radius 3 is 2.44 bits per heavy atom. The van der Waals surface area contributed by atoms with Gasteiger partial charge < -0.3 is 4.42 Å². The second-order valence-electron chi connectivity index (χ2n) is 4.11. The summed E-state index contributed by atoms with van der Waals surface area (Å²) in [4.78, 5) is 11.8. The number of carbonyl (C=O) groups is 1. The number of hydrogen-bond donors (Lipinski definition) is 0. The van der Waals surface area contributed by atoms with Gasteiger partial charge in [-0.25, -0.2) is 0 Å². The highest BCUT2D eigenvalue weighted by Crippen LogP contribution is 2.12. The lowest BCUT2D eigenvalue weighted by atomic mass is 10.0. The molecule has 0 fully saturated rings. The summed E-state index contributed by atoms with van der Waals surface area (Å²) in [5, 5.41) is 0. The summed E-state index contributed by atoms with van der Waals surface area (Å²) in [6.45, 7) is 4.08. The summed E-state index contributed by atoms with van der Waals surface area (Å²) in [7, 11) is 0. The normalized spacial score (nSPS) is 10.4. The van der Waals surface area contributed by atoms with E-state index in [1.165, 1.54) is 23.7 Å². The van der Waals surface area contributed by atoms with Gasteiger partial charge in [-0.05, 0) is 25.5 Å². The number of ketones is 1. The van der Waals surface area contributed by atoms with E-state index in [0.717, 1.165) is 5.56 Å². The molecule has 0 aliphatic heterocycles. The van der Waals surface area contributed by atoms with Crippen molar-refractivity contribution in [2.45, 2.75) is 20.3 Å². The van der Waals surface area contributed by atoms with Crippen molar-refractivity contribution in [3.63, 3.8) is 0 Å². The van der Waals surface area contributed by atoms with Crippen LogP contribution in [0.1, 0.15) is 27.0 Å². The molecule has 2 nitrogen and oxygen atoms in total. The van der Waals surface area contributed by atoms with Crippen LogP contribution in [0.3, 0.4) is 0 Å². The first-order valence-electron chi connectivity index (χ1n) is 5.28. The molecular weight excluding hydrogens is 200 g/mol. The van der Waals surface area contributed by atoms with Crippen LogP contribution in [0.4, 0.5) is 0 Å². The second kappa shape index (κ2) is 4.35. The molecule has 0 N–H and O–H groups in total. The lowest BCUT2D eigenvalue weighted by Crippen LogP contribution is -2.02. The van der Waals surface area contributed by atoms with Gasteiger partial charge in [-0.15, -0.1) is 0 Å². The van der Waals surface area contributed by atoms with Gasteiger partial charge in [0.1, 0.15) is 6.26 Å². The molecule has 1 heterocycles. The Morgan fingerprint density at radius 1 is 1.19 bits per heavy atom. The minimum absolute atomic E-state index is 0.0961. The molecule has 16 heavy (non-hydrogen) atoms.